The minimum atomic E-state index is -0.534. The Morgan fingerprint density at radius 2 is 1.75 bits per heavy atom. The van der Waals surface area contributed by atoms with Crippen LogP contribution in [-0.2, 0) is 0 Å². The zero-order chi connectivity index (χ0) is 19.7. The van der Waals surface area contributed by atoms with Crippen LogP contribution >= 0.6 is 0 Å². The second-order valence-electron chi connectivity index (χ2n) is 5.97. The standard InChI is InChI=1S/C20H15F2N5O/c1-23-20-15-5-11(14-7-13(21)3-4-16(14)22)6-17(28-2)18(15)26-19(27-20)12-8-24-10-25-9-12/h3-10H,1-2H3,(H,23,26,27). The van der Waals surface area contributed by atoms with Crippen LogP contribution in [0, 0.1) is 11.6 Å². The number of ether oxygens (including phenoxy) is 1. The van der Waals surface area contributed by atoms with Gasteiger partial charge in [-0.05, 0) is 35.9 Å². The number of halogens is 2. The molecule has 0 spiro atoms. The molecular formula is C20H15F2N5O. The highest BCUT2D eigenvalue weighted by Gasteiger charge is 2.17. The van der Waals surface area contributed by atoms with E-state index in [4.69, 9.17) is 4.74 Å². The number of fused-ring (bicyclic) bond motifs is 1. The zero-order valence-electron chi connectivity index (χ0n) is 15.1. The van der Waals surface area contributed by atoms with Crippen LogP contribution in [0.15, 0.2) is 49.1 Å². The molecule has 0 fully saturated rings. The van der Waals surface area contributed by atoms with Crippen LogP contribution in [0.2, 0.25) is 0 Å². The van der Waals surface area contributed by atoms with Crippen LogP contribution in [0.25, 0.3) is 33.4 Å². The Kier molecular flexibility index (Phi) is 4.52. The lowest BCUT2D eigenvalue weighted by Crippen LogP contribution is -2.01. The van der Waals surface area contributed by atoms with E-state index < -0.39 is 11.6 Å². The molecule has 4 aromatic rings. The van der Waals surface area contributed by atoms with Crippen LogP contribution < -0.4 is 10.1 Å². The SMILES string of the molecule is CNc1nc(-c2cncnc2)nc2c(OC)cc(-c3cc(F)ccc3F)cc12. The summed E-state index contributed by atoms with van der Waals surface area (Å²) in [6.07, 6.45) is 4.64. The highest BCUT2D eigenvalue weighted by Crippen LogP contribution is 2.36. The van der Waals surface area contributed by atoms with Gasteiger partial charge in [0.25, 0.3) is 0 Å². The third kappa shape index (κ3) is 3.09. The highest BCUT2D eigenvalue weighted by atomic mass is 19.1. The van der Waals surface area contributed by atoms with Gasteiger partial charge in [0.1, 0.15) is 35.0 Å². The van der Waals surface area contributed by atoms with E-state index in [-0.39, 0.29) is 5.56 Å². The molecule has 0 unspecified atom stereocenters. The number of anilines is 1. The highest BCUT2D eigenvalue weighted by molar-refractivity contribution is 5.97. The van der Waals surface area contributed by atoms with E-state index in [9.17, 15) is 8.78 Å². The molecule has 0 atom stereocenters. The number of benzene rings is 2. The molecule has 4 rings (SSSR count). The Labute approximate surface area is 159 Å². The number of aromatic nitrogens is 4. The van der Waals surface area contributed by atoms with Crippen molar-refractivity contribution in [2.45, 2.75) is 0 Å². The number of nitrogens with one attached hydrogen (secondary N) is 1. The van der Waals surface area contributed by atoms with Gasteiger partial charge in [0.2, 0.25) is 0 Å². The number of methoxy groups -OCH3 is 1. The maximum Gasteiger partial charge on any atom is 0.165 e. The number of nitrogens with zero attached hydrogens (tertiary/aromatic N) is 4. The van der Waals surface area contributed by atoms with Crippen LogP contribution in [0.3, 0.4) is 0 Å². The minimum Gasteiger partial charge on any atom is -0.494 e. The van der Waals surface area contributed by atoms with E-state index in [1.165, 1.54) is 13.4 Å². The normalized spacial score (nSPS) is 10.9. The molecule has 0 amide bonds. The van der Waals surface area contributed by atoms with E-state index in [2.05, 4.69) is 25.3 Å². The first-order chi connectivity index (χ1) is 13.6. The first kappa shape index (κ1) is 17.7. The molecule has 2 aromatic heterocycles. The second-order valence-corrected chi connectivity index (χ2v) is 5.97. The van der Waals surface area contributed by atoms with Gasteiger partial charge in [-0.2, -0.15) is 0 Å². The van der Waals surface area contributed by atoms with Crippen molar-refractivity contribution in [2.24, 2.45) is 0 Å². The van der Waals surface area contributed by atoms with Crippen molar-refractivity contribution in [3.8, 4) is 28.3 Å². The summed E-state index contributed by atoms with van der Waals surface area (Å²) in [6, 6.07) is 6.64. The summed E-state index contributed by atoms with van der Waals surface area (Å²) in [5, 5.41) is 3.63. The summed E-state index contributed by atoms with van der Waals surface area (Å²) in [4.78, 5) is 17.1. The predicted molar refractivity (Wildman–Crippen MR) is 102 cm³/mol. The quantitative estimate of drug-likeness (QED) is 0.576. The summed E-state index contributed by atoms with van der Waals surface area (Å²) in [7, 11) is 3.21. The van der Waals surface area contributed by atoms with Crippen molar-refractivity contribution in [2.75, 3.05) is 19.5 Å². The van der Waals surface area contributed by atoms with Gasteiger partial charge in [0, 0.05) is 30.4 Å². The molecule has 0 aliphatic heterocycles. The molecule has 0 aliphatic rings. The predicted octanol–water partition coefficient (Wildman–Crippen LogP) is 4.08. The summed E-state index contributed by atoms with van der Waals surface area (Å²) in [5.41, 5.74) is 1.75. The van der Waals surface area contributed by atoms with Crippen molar-refractivity contribution in [3.05, 3.63) is 60.7 Å². The Hall–Kier alpha value is -3.68. The Bertz CT molecular complexity index is 1170. The molecule has 140 valence electrons. The van der Waals surface area contributed by atoms with E-state index in [1.807, 2.05) is 0 Å². The van der Waals surface area contributed by atoms with Gasteiger partial charge in [-0.25, -0.2) is 28.7 Å². The van der Waals surface area contributed by atoms with Crippen molar-refractivity contribution in [1.82, 2.24) is 19.9 Å². The molecule has 0 radical (unpaired) electrons. The van der Waals surface area contributed by atoms with Crippen LogP contribution in [0.1, 0.15) is 0 Å². The molecule has 0 saturated heterocycles. The molecule has 0 aliphatic carbocycles. The molecule has 0 saturated carbocycles. The number of hydrogen-bond donors (Lipinski definition) is 1. The van der Waals surface area contributed by atoms with Gasteiger partial charge < -0.3 is 10.1 Å². The van der Waals surface area contributed by atoms with Gasteiger partial charge in [-0.15, -0.1) is 0 Å². The third-order valence-electron chi connectivity index (χ3n) is 4.28. The maximum atomic E-state index is 14.3. The van der Waals surface area contributed by atoms with Crippen molar-refractivity contribution < 1.29 is 13.5 Å². The monoisotopic (exact) mass is 379 g/mol. The maximum absolute atomic E-state index is 14.3. The summed E-state index contributed by atoms with van der Waals surface area (Å²) < 4.78 is 33.4. The summed E-state index contributed by atoms with van der Waals surface area (Å²) >= 11 is 0. The van der Waals surface area contributed by atoms with Gasteiger partial charge in [0.05, 0.1) is 12.7 Å². The van der Waals surface area contributed by atoms with Crippen molar-refractivity contribution in [1.29, 1.82) is 0 Å². The second kappa shape index (κ2) is 7.15. The lowest BCUT2D eigenvalue weighted by molar-refractivity contribution is 0.419. The molecule has 2 heterocycles. The fraction of sp³-hybridized carbons (Fsp3) is 0.100. The topological polar surface area (TPSA) is 72.8 Å². The third-order valence-corrected chi connectivity index (χ3v) is 4.28. The van der Waals surface area contributed by atoms with Gasteiger partial charge in [-0.1, -0.05) is 0 Å². The average molecular weight is 379 g/mol. The van der Waals surface area contributed by atoms with Crippen LogP contribution in [0.4, 0.5) is 14.6 Å². The molecule has 6 nitrogen and oxygen atoms in total. The first-order valence-electron chi connectivity index (χ1n) is 8.39. The molecule has 0 bridgehead atoms. The minimum absolute atomic E-state index is 0.128. The van der Waals surface area contributed by atoms with E-state index in [0.717, 1.165) is 18.2 Å². The molecule has 1 N–H and O–H groups in total. The first-order valence-corrected chi connectivity index (χ1v) is 8.39. The smallest absolute Gasteiger partial charge is 0.165 e. The van der Waals surface area contributed by atoms with Gasteiger partial charge in [0.15, 0.2) is 5.82 Å². The Morgan fingerprint density at radius 3 is 2.46 bits per heavy atom. The van der Waals surface area contributed by atoms with E-state index in [0.29, 0.717) is 39.4 Å². The van der Waals surface area contributed by atoms with Gasteiger partial charge >= 0.3 is 0 Å². The average Bonchev–Trinajstić information content (AvgIpc) is 2.74. The number of hydrogen-bond acceptors (Lipinski definition) is 6. The van der Waals surface area contributed by atoms with Gasteiger partial charge in [-0.3, -0.25) is 0 Å². The Balaban J connectivity index is 1.99. The van der Waals surface area contributed by atoms with E-state index in [1.54, 1.807) is 31.6 Å². The molecule has 8 heteroatoms. The van der Waals surface area contributed by atoms with Crippen molar-refractivity contribution in [3.63, 3.8) is 0 Å². The largest absolute Gasteiger partial charge is 0.494 e. The number of rotatable bonds is 4. The summed E-state index contributed by atoms with van der Waals surface area (Å²) in [5.74, 6) is 0.280. The van der Waals surface area contributed by atoms with Crippen LogP contribution in [0.5, 0.6) is 5.75 Å². The Morgan fingerprint density at radius 1 is 0.964 bits per heavy atom. The molecule has 2 aromatic carbocycles. The summed E-state index contributed by atoms with van der Waals surface area (Å²) in [6.45, 7) is 0. The zero-order valence-corrected chi connectivity index (χ0v) is 15.1. The van der Waals surface area contributed by atoms with E-state index >= 15 is 0 Å². The fourth-order valence-corrected chi connectivity index (χ4v) is 2.96. The fourth-order valence-electron chi connectivity index (χ4n) is 2.96. The molecular weight excluding hydrogens is 364 g/mol. The molecule has 28 heavy (non-hydrogen) atoms. The lowest BCUT2D eigenvalue weighted by atomic mass is 10.0. The van der Waals surface area contributed by atoms with Crippen LogP contribution in [-0.4, -0.2) is 34.1 Å². The van der Waals surface area contributed by atoms with Crippen molar-refractivity contribution >= 4 is 16.7 Å². The lowest BCUT2D eigenvalue weighted by Gasteiger charge is -2.13.